The number of carbonyl (C=O) groups excluding carboxylic acids is 2. The van der Waals surface area contributed by atoms with Crippen molar-refractivity contribution in [1.82, 2.24) is 20.6 Å². The van der Waals surface area contributed by atoms with Gasteiger partial charge < -0.3 is 19.9 Å². The van der Waals surface area contributed by atoms with Gasteiger partial charge in [0.15, 0.2) is 0 Å². The van der Waals surface area contributed by atoms with Crippen LogP contribution in [0.4, 0.5) is 4.39 Å². The van der Waals surface area contributed by atoms with E-state index in [1.54, 1.807) is 12.1 Å². The predicted molar refractivity (Wildman–Crippen MR) is 156 cm³/mol. The Hall–Kier alpha value is -3.63. The number of nitrogens with one attached hydrogen (secondary N) is 2. The van der Waals surface area contributed by atoms with Crippen LogP contribution in [0.2, 0.25) is 0 Å². The Bertz CT molecular complexity index is 1430. The Labute approximate surface area is 246 Å². The highest BCUT2D eigenvalue weighted by Crippen LogP contribution is 2.65. The zero-order valence-electron chi connectivity index (χ0n) is 24.1. The highest BCUT2D eigenvalue weighted by molar-refractivity contribution is 6.48. The first kappa shape index (κ1) is 28.5. The molecule has 2 aromatic carbocycles. The lowest BCUT2D eigenvalue weighted by molar-refractivity contribution is -0.199. The van der Waals surface area contributed by atoms with Crippen LogP contribution in [-0.4, -0.2) is 52.6 Å². The molecule has 7 rings (SSSR count). The van der Waals surface area contributed by atoms with Crippen LogP contribution in [0.25, 0.3) is 0 Å². The van der Waals surface area contributed by atoms with Gasteiger partial charge in [0.1, 0.15) is 17.6 Å². The van der Waals surface area contributed by atoms with Crippen molar-refractivity contribution >= 4 is 18.9 Å². The first-order chi connectivity index (χ1) is 20.1. The molecule has 2 amide bonds. The summed E-state index contributed by atoms with van der Waals surface area (Å²) in [5.41, 5.74) is 1.55. The molecule has 1 unspecified atom stereocenters. The molecule has 2 bridgehead atoms. The van der Waals surface area contributed by atoms with Gasteiger partial charge in [-0.3, -0.25) is 14.6 Å². The predicted octanol–water partition coefficient (Wildman–Crippen LogP) is 3.95. The van der Waals surface area contributed by atoms with Gasteiger partial charge in [-0.25, -0.2) is 9.37 Å². The number of nitrogens with zero attached hydrogens (tertiary/aromatic N) is 2. The third-order valence-electron chi connectivity index (χ3n) is 9.69. The number of rotatable bonds is 9. The van der Waals surface area contributed by atoms with Gasteiger partial charge >= 0.3 is 7.12 Å². The van der Waals surface area contributed by atoms with Crippen LogP contribution in [0, 0.1) is 23.1 Å². The standard InChI is InChI=1S/C32H36BFN4O4/c1-31(2)22-17-26(31)32(3)27(18-22)41-33(42-32)28(16-21-9-11-23(34)12-10-21)38-29(39)24(15-20-7-5-4-6-8-20)37-30(40)25-19-35-13-14-36-25/h4-14,19,22,24,26-28H,15-18H2,1-3H3,(H,37,40)(H,38,39)/t22-,24-,26-,27?,28-,32-/m0/s1. The molecule has 3 aromatic rings. The molecule has 10 heteroatoms. The molecule has 8 nitrogen and oxygen atoms in total. The molecule has 42 heavy (non-hydrogen) atoms. The number of carbonyl (C=O) groups is 2. The van der Waals surface area contributed by atoms with Gasteiger partial charge in [-0.1, -0.05) is 56.3 Å². The van der Waals surface area contributed by atoms with Gasteiger partial charge in [-0.05, 0) is 66.7 Å². The summed E-state index contributed by atoms with van der Waals surface area (Å²) in [5, 5.41) is 5.99. The first-order valence-electron chi connectivity index (χ1n) is 14.6. The Balaban J connectivity index is 1.25. The van der Waals surface area contributed by atoms with Crippen molar-refractivity contribution in [2.75, 3.05) is 0 Å². The normalized spacial score (nSPS) is 26.9. The van der Waals surface area contributed by atoms with Crippen LogP contribution in [-0.2, 0) is 26.9 Å². The average Bonchev–Trinajstić information content (AvgIpc) is 3.35. The van der Waals surface area contributed by atoms with Crippen molar-refractivity contribution < 1.29 is 23.3 Å². The molecule has 218 valence electrons. The van der Waals surface area contributed by atoms with Crippen molar-refractivity contribution in [1.29, 1.82) is 0 Å². The summed E-state index contributed by atoms with van der Waals surface area (Å²) in [6, 6.07) is 14.8. The van der Waals surface area contributed by atoms with E-state index in [0.29, 0.717) is 18.3 Å². The Morgan fingerprint density at radius 3 is 2.43 bits per heavy atom. The fourth-order valence-electron chi connectivity index (χ4n) is 7.15. The number of hydrogen-bond acceptors (Lipinski definition) is 6. The van der Waals surface area contributed by atoms with E-state index >= 15 is 0 Å². The molecule has 6 atom stereocenters. The van der Waals surface area contributed by atoms with E-state index < -0.39 is 30.6 Å². The van der Waals surface area contributed by atoms with Gasteiger partial charge in [0.25, 0.3) is 5.91 Å². The fourth-order valence-corrected chi connectivity index (χ4v) is 7.15. The van der Waals surface area contributed by atoms with Crippen LogP contribution >= 0.6 is 0 Å². The second-order valence-corrected chi connectivity index (χ2v) is 12.6. The van der Waals surface area contributed by atoms with Crippen molar-refractivity contribution in [3.8, 4) is 0 Å². The molecular formula is C32H36BFN4O4. The van der Waals surface area contributed by atoms with E-state index in [9.17, 15) is 14.0 Å². The van der Waals surface area contributed by atoms with Gasteiger partial charge in [0.2, 0.25) is 5.91 Å². The maximum Gasteiger partial charge on any atom is 0.482 e. The highest BCUT2D eigenvalue weighted by atomic mass is 19.1. The van der Waals surface area contributed by atoms with Crippen LogP contribution in [0.1, 0.15) is 55.2 Å². The lowest BCUT2D eigenvalue weighted by atomic mass is 9.43. The summed E-state index contributed by atoms with van der Waals surface area (Å²) in [6.07, 6.45) is 6.87. The van der Waals surface area contributed by atoms with Crippen LogP contribution in [0.3, 0.4) is 0 Å². The number of benzene rings is 2. The molecule has 4 fully saturated rings. The summed E-state index contributed by atoms with van der Waals surface area (Å²) in [5.74, 6) is -0.832. The van der Waals surface area contributed by atoms with Crippen LogP contribution < -0.4 is 10.6 Å². The van der Waals surface area contributed by atoms with Crippen molar-refractivity contribution in [3.05, 3.63) is 95.8 Å². The number of amides is 2. The Morgan fingerprint density at radius 1 is 1.00 bits per heavy atom. The van der Waals surface area contributed by atoms with Gasteiger partial charge in [0, 0.05) is 18.8 Å². The number of aromatic nitrogens is 2. The average molecular weight is 570 g/mol. The lowest BCUT2D eigenvalue weighted by Crippen LogP contribution is -2.65. The minimum absolute atomic E-state index is 0.0663. The first-order valence-corrected chi connectivity index (χ1v) is 14.6. The van der Waals surface area contributed by atoms with Crippen LogP contribution in [0.15, 0.2) is 73.2 Å². The van der Waals surface area contributed by atoms with E-state index in [1.165, 1.54) is 30.7 Å². The van der Waals surface area contributed by atoms with E-state index in [2.05, 4.69) is 41.4 Å². The smallest absolute Gasteiger partial charge is 0.404 e. The maximum absolute atomic E-state index is 14.0. The SMILES string of the molecule is CC1(C)[C@@H]2CC3OB([C@H](Cc4ccc(F)cc4)NC(=O)[C@H](Cc4ccccc4)NC(=O)c4cnccn4)O[C@@]3(C)[C@H]1C2. The third kappa shape index (κ3) is 5.45. The molecule has 0 spiro atoms. The summed E-state index contributed by atoms with van der Waals surface area (Å²) < 4.78 is 27.0. The van der Waals surface area contributed by atoms with Crippen LogP contribution in [0.5, 0.6) is 0 Å². The molecule has 4 aliphatic rings. The maximum atomic E-state index is 14.0. The van der Waals surface area contributed by atoms with Crippen molar-refractivity contribution in [2.45, 2.75) is 70.1 Å². The second kappa shape index (κ2) is 11.2. The molecule has 1 saturated heterocycles. The van der Waals surface area contributed by atoms with Gasteiger partial charge in [-0.15, -0.1) is 0 Å². The molecule has 0 radical (unpaired) electrons. The number of halogens is 1. The molecule has 1 aromatic heterocycles. The van der Waals surface area contributed by atoms with E-state index in [-0.39, 0.29) is 35.4 Å². The van der Waals surface area contributed by atoms with Gasteiger partial charge in [0.05, 0.1) is 23.8 Å². The lowest BCUT2D eigenvalue weighted by Gasteiger charge is -2.64. The Kier molecular flexibility index (Phi) is 7.61. The molecule has 3 saturated carbocycles. The molecule has 1 aliphatic heterocycles. The minimum Gasteiger partial charge on any atom is -0.404 e. The third-order valence-corrected chi connectivity index (χ3v) is 9.69. The zero-order valence-corrected chi connectivity index (χ0v) is 24.1. The minimum atomic E-state index is -0.899. The fraction of sp³-hybridized carbons (Fsp3) is 0.438. The summed E-state index contributed by atoms with van der Waals surface area (Å²) in [7, 11) is -0.697. The van der Waals surface area contributed by atoms with E-state index in [1.807, 2.05) is 30.3 Å². The Morgan fingerprint density at radius 2 is 1.74 bits per heavy atom. The molecular weight excluding hydrogens is 534 g/mol. The highest BCUT2D eigenvalue weighted by Gasteiger charge is 2.68. The molecule has 3 aliphatic carbocycles. The monoisotopic (exact) mass is 570 g/mol. The molecule has 2 heterocycles. The summed E-state index contributed by atoms with van der Waals surface area (Å²) in [6.45, 7) is 6.74. The zero-order chi connectivity index (χ0) is 29.5. The van der Waals surface area contributed by atoms with Crippen molar-refractivity contribution in [3.63, 3.8) is 0 Å². The van der Waals surface area contributed by atoms with Gasteiger partial charge in [-0.2, -0.15) is 0 Å². The van der Waals surface area contributed by atoms with E-state index in [0.717, 1.165) is 24.0 Å². The quantitative estimate of drug-likeness (QED) is 0.378. The summed E-state index contributed by atoms with van der Waals surface area (Å²) >= 11 is 0. The summed E-state index contributed by atoms with van der Waals surface area (Å²) in [4.78, 5) is 35.1. The topological polar surface area (TPSA) is 102 Å². The second-order valence-electron chi connectivity index (χ2n) is 12.6. The van der Waals surface area contributed by atoms with Crippen molar-refractivity contribution in [2.24, 2.45) is 17.3 Å². The largest absolute Gasteiger partial charge is 0.482 e. The number of hydrogen-bond donors (Lipinski definition) is 2. The molecule has 2 N–H and O–H groups in total. The van der Waals surface area contributed by atoms with E-state index in [4.69, 9.17) is 9.31 Å².